The van der Waals surface area contributed by atoms with Crippen LogP contribution in [-0.2, 0) is 14.8 Å². The molecule has 0 heterocycles. The number of nitrogens with two attached hydrogens (primary N) is 1. The van der Waals surface area contributed by atoms with E-state index in [1.807, 2.05) is 0 Å². The lowest BCUT2D eigenvalue weighted by Gasteiger charge is -2.10. The third-order valence-corrected chi connectivity index (χ3v) is 5.12. The number of hydrogen-bond donors (Lipinski definition) is 2. The van der Waals surface area contributed by atoms with Gasteiger partial charge in [0.15, 0.2) is 0 Å². The predicted molar refractivity (Wildman–Crippen MR) is 79.3 cm³/mol. The standard InChI is InChI=1S/C13H19ClN2O3S/c1-9-6-11(14)13(7-12(9)15)20(17,18)16-4-5-19-8-10-2-3-10/h6-7,10,16H,2-5,8,15H2,1H3. The Morgan fingerprint density at radius 2 is 2.15 bits per heavy atom. The molecule has 0 unspecified atom stereocenters. The SMILES string of the molecule is Cc1cc(Cl)c(S(=O)(=O)NCCOCC2CC2)cc1N. The summed E-state index contributed by atoms with van der Waals surface area (Å²) in [4.78, 5) is 0.00413. The third kappa shape index (κ3) is 4.09. The van der Waals surface area contributed by atoms with Crippen LogP contribution < -0.4 is 10.5 Å². The van der Waals surface area contributed by atoms with Gasteiger partial charge in [-0.3, -0.25) is 0 Å². The van der Waals surface area contributed by atoms with E-state index in [4.69, 9.17) is 22.1 Å². The molecule has 0 amide bonds. The van der Waals surface area contributed by atoms with Crippen molar-refractivity contribution in [2.24, 2.45) is 5.92 Å². The van der Waals surface area contributed by atoms with Gasteiger partial charge in [0, 0.05) is 18.8 Å². The molecule has 0 saturated heterocycles. The number of nitrogen functional groups attached to an aromatic ring is 1. The van der Waals surface area contributed by atoms with Crippen LogP contribution >= 0.6 is 11.6 Å². The predicted octanol–water partition coefficient (Wildman–Crippen LogP) is 1.94. The van der Waals surface area contributed by atoms with Gasteiger partial charge in [-0.25, -0.2) is 13.1 Å². The van der Waals surface area contributed by atoms with Crippen LogP contribution in [0.3, 0.4) is 0 Å². The summed E-state index contributed by atoms with van der Waals surface area (Å²) >= 11 is 5.97. The Morgan fingerprint density at radius 1 is 1.45 bits per heavy atom. The largest absolute Gasteiger partial charge is 0.398 e. The van der Waals surface area contributed by atoms with E-state index < -0.39 is 10.0 Å². The van der Waals surface area contributed by atoms with Crippen molar-refractivity contribution >= 4 is 27.3 Å². The van der Waals surface area contributed by atoms with Gasteiger partial charge in [0.25, 0.3) is 0 Å². The van der Waals surface area contributed by atoms with Crippen LogP contribution in [0.1, 0.15) is 18.4 Å². The van der Waals surface area contributed by atoms with Crippen LogP contribution in [0.4, 0.5) is 5.69 Å². The van der Waals surface area contributed by atoms with Gasteiger partial charge in [-0.2, -0.15) is 0 Å². The second-order valence-electron chi connectivity index (χ2n) is 5.06. The highest BCUT2D eigenvalue weighted by Crippen LogP contribution is 2.28. The monoisotopic (exact) mass is 318 g/mol. The normalized spacial score (nSPS) is 15.5. The van der Waals surface area contributed by atoms with Gasteiger partial charge in [0.1, 0.15) is 4.90 Å². The van der Waals surface area contributed by atoms with Crippen LogP contribution in [0, 0.1) is 12.8 Å². The summed E-state index contributed by atoms with van der Waals surface area (Å²) < 4.78 is 32.1. The van der Waals surface area contributed by atoms with Crippen molar-refractivity contribution in [3.8, 4) is 0 Å². The Labute approximate surface area is 124 Å². The molecule has 1 aliphatic rings. The van der Waals surface area contributed by atoms with Crippen molar-refractivity contribution in [3.05, 3.63) is 22.7 Å². The van der Waals surface area contributed by atoms with Gasteiger partial charge in [-0.05, 0) is 43.4 Å². The third-order valence-electron chi connectivity index (χ3n) is 3.20. The molecule has 1 fully saturated rings. The van der Waals surface area contributed by atoms with E-state index in [1.54, 1.807) is 13.0 Å². The fraction of sp³-hybridized carbons (Fsp3) is 0.538. The van der Waals surface area contributed by atoms with Crippen LogP contribution in [0.15, 0.2) is 17.0 Å². The van der Waals surface area contributed by atoms with Crippen molar-refractivity contribution in [2.45, 2.75) is 24.7 Å². The molecule has 1 aliphatic carbocycles. The van der Waals surface area contributed by atoms with Crippen LogP contribution in [0.25, 0.3) is 0 Å². The quantitative estimate of drug-likeness (QED) is 0.594. The molecule has 1 aromatic rings. The van der Waals surface area contributed by atoms with Crippen LogP contribution in [0.2, 0.25) is 5.02 Å². The first-order chi connectivity index (χ1) is 9.40. The first kappa shape index (κ1) is 15.6. The number of ether oxygens (including phenoxy) is 1. The summed E-state index contributed by atoms with van der Waals surface area (Å²) in [5, 5.41) is 0.170. The number of aryl methyl sites for hydroxylation is 1. The topological polar surface area (TPSA) is 81.4 Å². The first-order valence-corrected chi connectivity index (χ1v) is 8.39. The van der Waals surface area contributed by atoms with E-state index in [-0.39, 0.29) is 16.5 Å². The maximum absolute atomic E-state index is 12.1. The van der Waals surface area contributed by atoms with E-state index >= 15 is 0 Å². The van der Waals surface area contributed by atoms with Crippen LogP contribution in [0.5, 0.6) is 0 Å². The molecule has 0 bridgehead atoms. The maximum atomic E-state index is 12.1. The van der Waals surface area contributed by atoms with Gasteiger partial charge < -0.3 is 10.5 Å². The molecule has 2 rings (SSSR count). The lowest BCUT2D eigenvalue weighted by Crippen LogP contribution is -2.28. The second-order valence-corrected chi connectivity index (χ2v) is 7.20. The van der Waals surface area contributed by atoms with E-state index in [2.05, 4.69) is 4.72 Å². The maximum Gasteiger partial charge on any atom is 0.242 e. The molecule has 20 heavy (non-hydrogen) atoms. The molecule has 0 aromatic heterocycles. The van der Waals surface area contributed by atoms with Gasteiger partial charge in [0.05, 0.1) is 11.6 Å². The van der Waals surface area contributed by atoms with Crippen molar-refractivity contribution < 1.29 is 13.2 Å². The van der Waals surface area contributed by atoms with Crippen molar-refractivity contribution in [2.75, 3.05) is 25.5 Å². The molecular formula is C13H19ClN2O3S. The Kier molecular flexibility index (Phi) is 4.90. The summed E-state index contributed by atoms with van der Waals surface area (Å²) in [6.45, 7) is 3.06. The molecule has 0 radical (unpaired) electrons. The molecule has 1 aromatic carbocycles. The summed E-state index contributed by atoms with van der Waals surface area (Å²) in [7, 11) is -3.66. The van der Waals surface area contributed by atoms with E-state index in [0.717, 1.165) is 5.56 Å². The fourth-order valence-electron chi connectivity index (χ4n) is 1.73. The number of rotatable bonds is 7. The smallest absolute Gasteiger partial charge is 0.242 e. The average molecular weight is 319 g/mol. The number of hydrogen-bond acceptors (Lipinski definition) is 4. The average Bonchev–Trinajstić information content (AvgIpc) is 3.17. The Bertz CT molecular complexity index is 586. The van der Waals surface area contributed by atoms with Gasteiger partial charge in [-0.1, -0.05) is 11.6 Å². The Morgan fingerprint density at radius 3 is 2.80 bits per heavy atom. The number of halogens is 1. The summed E-state index contributed by atoms with van der Waals surface area (Å²) in [6.07, 6.45) is 2.42. The molecule has 7 heteroatoms. The highest BCUT2D eigenvalue weighted by molar-refractivity contribution is 7.89. The van der Waals surface area contributed by atoms with E-state index in [1.165, 1.54) is 18.9 Å². The minimum atomic E-state index is -3.66. The second kappa shape index (κ2) is 6.30. The molecule has 0 atom stereocenters. The number of sulfonamides is 1. The molecule has 5 nitrogen and oxygen atoms in total. The van der Waals surface area contributed by atoms with Crippen molar-refractivity contribution in [1.29, 1.82) is 0 Å². The summed E-state index contributed by atoms with van der Waals surface area (Å²) in [6, 6.07) is 2.93. The Hall–Kier alpha value is -0.820. The van der Waals surface area contributed by atoms with Crippen molar-refractivity contribution in [1.82, 2.24) is 4.72 Å². The highest BCUT2D eigenvalue weighted by atomic mass is 35.5. The summed E-state index contributed by atoms with van der Waals surface area (Å²) in [5.41, 5.74) is 6.88. The Balaban J connectivity index is 1.93. The number of nitrogens with one attached hydrogen (secondary N) is 1. The first-order valence-electron chi connectivity index (χ1n) is 6.53. The fourth-order valence-corrected chi connectivity index (χ4v) is 3.36. The minimum Gasteiger partial charge on any atom is -0.398 e. The van der Waals surface area contributed by atoms with Gasteiger partial charge >= 0.3 is 0 Å². The van der Waals surface area contributed by atoms with Crippen molar-refractivity contribution in [3.63, 3.8) is 0 Å². The zero-order chi connectivity index (χ0) is 14.8. The number of benzene rings is 1. The number of anilines is 1. The molecule has 0 aliphatic heterocycles. The lowest BCUT2D eigenvalue weighted by molar-refractivity contribution is 0.129. The lowest BCUT2D eigenvalue weighted by atomic mass is 10.2. The van der Waals surface area contributed by atoms with Gasteiger partial charge in [0.2, 0.25) is 10.0 Å². The zero-order valence-electron chi connectivity index (χ0n) is 11.4. The highest BCUT2D eigenvalue weighted by Gasteiger charge is 2.21. The zero-order valence-corrected chi connectivity index (χ0v) is 12.9. The minimum absolute atomic E-state index is 0.00413. The molecule has 3 N–H and O–H groups in total. The molecule has 0 spiro atoms. The van der Waals surface area contributed by atoms with Gasteiger partial charge in [-0.15, -0.1) is 0 Å². The molecule has 112 valence electrons. The van der Waals surface area contributed by atoms with E-state index in [9.17, 15) is 8.42 Å². The molecule has 1 saturated carbocycles. The molecular weight excluding hydrogens is 300 g/mol. The van der Waals surface area contributed by atoms with Crippen LogP contribution in [-0.4, -0.2) is 28.2 Å². The van der Waals surface area contributed by atoms with E-state index in [0.29, 0.717) is 24.8 Å². The summed E-state index contributed by atoms with van der Waals surface area (Å²) in [5.74, 6) is 0.665.